The summed E-state index contributed by atoms with van der Waals surface area (Å²) in [5.41, 5.74) is 5.32. The Bertz CT molecular complexity index is 1230. The molecule has 5 nitrogen and oxygen atoms in total. The molecule has 4 aromatic rings. The fraction of sp³-hybridized carbons (Fsp3) is 0.0952. The number of sulfonamides is 1. The number of fused-ring (bicyclic) bond motifs is 1. The van der Waals surface area contributed by atoms with E-state index in [0.717, 1.165) is 27.8 Å². The third-order valence-electron chi connectivity index (χ3n) is 4.41. The smallest absolute Gasteiger partial charge is 0.261 e. The number of aryl methyl sites for hydroxylation is 2. The quantitative estimate of drug-likeness (QED) is 0.572. The lowest BCUT2D eigenvalue weighted by atomic mass is 10.2. The molecule has 27 heavy (non-hydrogen) atoms. The van der Waals surface area contributed by atoms with E-state index in [-0.39, 0.29) is 4.90 Å². The SMILES string of the molecule is Cc1ccc(S(=O)(=O)Nc2ccc3c(c2)ncn3-c2cccc(C)c2)cc1. The minimum atomic E-state index is -3.63. The van der Waals surface area contributed by atoms with Gasteiger partial charge in [0, 0.05) is 5.69 Å². The van der Waals surface area contributed by atoms with Crippen molar-refractivity contribution in [3.05, 3.63) is 84.2 Å². The number of imidazole rings is 1. The van der Waals surface area contributed by atoms with E-state index in [4.69, 9.17) is 0 Å². The molecule has 136 valence electrons. The zero-order valence-electron chi connectivity index (χ0n) is 15.0. The van der Waals surface area contributed by atoms with Crippen LogP contribution in [0, 0.1) is 13.8 Å². The fourth-order valence-corrected chi connectivity index (χ4v) is 4.04. The van der Waals surface area contributed by atoms with Gasteiger partial charge in [0.25, 0.3) is 10.0 Å². The minimum absolute atomic E-state index is 0.235. The van der Waals surface area contributed by atoms with E-state index in [0.29, 0.717) is 5.69 Å². The molecule has 0 bridgehead atoms. The minimum Gasteiger partial charge on any atom is -0.299 e. The highest BCUT2D eigenvalue weighted by molar-refractivity contribution is 7.92. The first-order valence-corrected chi connectivity index (χ1v) is 10.0. The van der Waals surface area contributed by atoms with Crippen LogP contribution in [0.15, 0.2) is 78.0 Å². The maximum atomic E-state index is 12.6. The van der Waals surface area contributed by atoms with Gasteiger partial charge in [-0.1, -0.05) is 29.8 Å². The standard InChI is InChI=1S/C21H19N3O2S/c1-15-6-9-19(10-7-15)27(25,26)23-17-8-11-21-20(13-17)22-14-24(21)18-5-3-4-16(2)12-18/h3-14,23H,1-2H3. The number of nitrogens with zero attached hydrogens (tertiary/aromatic N) is 2. The predicted octanol–water partition coefficient (Wildman–Crippen LogP) is 4.44. The summed E-state index contributed by atoms with van der Waals surface area (Å²) in [7, 11) is -3.63. The van der Waals surface area contributed by atoms with Gasteiger partial charge in [-0.2, -0.15) is 0 Å². The van der Waals surface area contributed by atoms with Crippen molar-refractivity contribution >= 4 is 26.7 Å². The van der Waals surface area contributed by atoms with Crippen molar-refractivity contribution in [3.63, 3.8) is 0 Å². The lowest BCUT2D eigenvalue weighted by Gasteiger charge is -2.09. The molecule has 0 saturated heterocycles. The molecule has 0 aliphatic heterocycles. The van der Waals surface area contributed by atoms with Crippen LogP contribution in [0.4, 0.5) is 5.69 Å². The van der Waals surface area contributed by atoms with E-state index < -0.39 is 10.0 Å². The average molecular weight is 377 g/mol. The first-order chi connectivity index (χ1) is 12.9. The largest absolute Gasteiger partial charge is 0.299 e. The average Bonchev–Trinajstić information content (AvgIpc) is 3.05. The summed E-state index contributed by atoms with van der Waals surface area (Å²) >= 11 is 0. The normalized spacial score (nSPS) is 11.6. The maximum Gasteiger partial charge on any atom is 0.261 e. The number of rotatable bonds is 4. The summed E-state index contributed by atoms with van der Waals surface area (Å²) < 4.78 is 29.8. The zero-order valence-corrected chi connectivity index (χ0v) is 15.9. The van der Waals surface area contributed by atoms with Crippen molar-refractivity contribution in [1.82, 2.24) is 9.55 Å². The molecular weight excluding hydrogens is 358 g/mol. The summed E-state index contributed by atoms with van der Waals surface area (Å²) in [5, 5.41) is 0. The molecule has 0 fully saturated rings. The topological polar surface area (TPSA) is 64.0 Å². The first-order valence-electron chi connectivity index (χ1n) is 8.56. The van der Waals surface area contributed by atoms with Gasteiger partial charge < -0.3 is 0 Å². The van der Waals surface area contributed by atoms with Crippen molar-refractivity contribution in [2.75, 3.05) is 4.72 Å². The summed E-state index contributed by atoms with van der Waals surface area (Å²) in [6, 6.07) is 20.3. The maximum absolute atomic E-state index is 12.6. The summed E-state index contributed by atoms with van der Waals surface area (Å²) in [4.78, 5) is 4.66. The van der Waals surface area contributed by atoms with Gasteiger partial charge >= 0.3 is 0 Å². The molecule has 0 unspecified atom stereocenters. The van der Waals surface area contributed by atoms with Crippen molar-refractivity contribution in [2.45, 2.75) is 18.7 Å². The molecule has 0 aliphatic rings. The second-order valence-electron chi connectivity index (χ2n) is 6.58. The molecule has 3 aromatic carbocycles. The highest BCUT2D eigenvalue weighted by atomic mass is 32.2. The molecule has 0 amide bonds. The van der Waals surface area contributed by atoms with Crippen LogP contribution in [-0.4, -0.2) is 18.0 Å². The molecule has 1 heterocycles. The summed E-state index contributed by atoms with van der Waals surface area (Å²) in [6.45, 7) is 3.96. The second kappa shape index (κ2) is 6.55. The van der Waals surface area contributed by atoms with Gasteiger partial charge in [0.1, 0.15) is 6.33 Å². The summed E-state index contributed by atoms with van der Waals surface area (Å²) in [5.74, 6) is 0. The first kappa shape index (κ1) is 17.3. The van der Waals surface area contributed by atoms with E-state index in [2.05, 4.69) is 15.8 Å². The Morgan fingerprint density at radius 1 is 0.889 bits per heavy atom. The van der Waals surface area contributed by atoms with Gasteiger partial charge in [-0.05, 0) is 61.9 Å². The van der Waals surface area contributed by atoms with Crippen molar-refractivity contribution < 1.29 is 8.42 Å². The van der Waals surface area contributed by atoms with Crippen LogP contribution in [0.2, 0.25) is 0 Å². The van der Waals surface area contributed by atoms with Crippen LogP contribution >= 0.6 is 0 Å². The fourth-order valence-electron chi connectivity index (χ4n) is 2.99. The number of benzene rings is 3. The number of hydrogen-bond acceptors (Lipinski definition) is 3. The van der Waals surface area contributed by atoms with Gasteiger partial charge in [0.2, 0.25) is 0 Å². The Morgan fingerprint density at radius 2 is 1.67 bits per heavy atom. The van der Waals surface area contributed by atoms with Crippen molar-refractivity contribution in [2.24, 2.45) is 0 Å². The second-order valence-corrected chi connectivity index (χ2v) is 8.26. The van der Waals surface area contributed by atoms with Crippen molar-refractivity contribution in [3.8, 4) is 5.69 Å². The molecule has 1 aromatic heterocycles. The highest BCUT2D eigenvalue weighted by Crippen LogP contribution is 2.24. The Hall–Kier alpha value is -3.12. The Kier molecular flexibility index (Phi) is 4.20. The van der Waals surface area contributed by atoms with Crippen LogP contribution in [0.3, 0.4) is 0 Å². The number of aromatic nitrogens is 2. The molecule has 1 N–H and O–H groups in total. The highest BCUT2D eigenvalue weighted by Gasteiger charge is 2.15. The Balaban J connectivity index is 1.68. The Morgan fingerprint density at radius 3 is 2.41 bits per heavy atom. The van der Waals surface area contributed by atoms with Crippen LogP contribution in [0.25, 0.3) is 16.7 Å². The molecular formula is C21H19N3O2S. The number of nitrogens with one attached hydrogen (secondary N) is 1. The van der Waals surface area contributed by atoms with E-state index in [1.165, 1.54) is 0 Å². The van der Waals surface area contributed by atoms with Gasteiger partial charge in [0.05, 0.1) is 21.6 Å². The van der Waals surface area contributed by atoms with E-state index >= 15 is 0 Å². The predicted molar refractivity (Wildman–Crippen MR) is 108 cm³/mol. The molecule has 0 atom stereocenters. The van der Waals surface area contributed by atoms with Gasteiger partial charge in [-0.25, -0.2) is 13.4 Å². The lowest BCUT2D eigenvalue weighted by molar-refractivity contribution is 0.601. The van der Waals surface area contributed by atoms with Crippen molar-refractivity contribution in [1.29, 1.82) is 0 Å². The molecule has 0 saturated carbocycles. The Labute approximate surface area is 158 Å². The third kappa shape index (κ3) is 3.44. The van der Waals surface area contributed by atoms with Crippen LogP contribution in [0.1, 0.15) is 11.1 Å². The van der Waals surface area contributed by atoms with Crippen LogP contribution < -0.4 is 4.72 Å². The van der Waals surface area contributed by atoms with Crippen LogP contribution in [0.5, 0.6) is 0 Å². The van der Waals surface area contributed by atoms with E-state index in [1.807, 2.05) is 42.7 Å². The monoisotopic (exact) mass is 377 g/mol. The third-order valence-corrected chi connectivity index (χ3v) is 5.81. The molecule has 0 spiro atoms. The van der Waals surface area contributed by atoms with E-state index in [9.17, 15) is 8.42 Å². The molecule has 4 rings (SSSR count). The lowest BCUT2D eigenvalue weighted by Crippen LogP contribution is -2.12. The summed E-state index contributed by atoms with van der Waals surface area (Å²) in [6.07, 6.45) is 1.75. The molecule has 0 radical (unpaired) electrons. The molecule has 0 aliphatic carbocycles. The van der Waals surface area contributed by atoms with Gasteiger partial charge in [0.15, 0.2) is 0 Å². The molecule has 6 heteroatoms. The van der Waals surface area contributed by atoms with Gasteiger partial charge in [-0.15, -0.1) is 0 Å². The van der Waals surface area contributed by atoms with Crippen LogP contribution in [-0.2, 0) is 10.0 Å². The van der Waals surface area contributed by atoms with E-state index in [1.54, 1.807) is 42.7 Å². The number of anilines is 1. The van der Waals surface area contributed by atoms with Gasteiger partial charge in [-0.3, -0.25) is 9.29 Å². The zero-order chi connectivity index (χ0) is 19.0. The number of hydrogen-bond donors (Lipinski definition) is 1.